The Bertz CT molecular complexity index is 483. The SMILES string of the molecule is Cc1cc(C(=O)O)cc(C)c1OC1CCOC1=O. The van der Waals surface area contributed by atoms with Crippen molar-refractivity contribution in [2.45, 2.75) is 26.4 Å². The molecular weight excluding hydrogens is 236 g/mol. The molecule has 18 heavy (non-hydrogen) atoms. The van der Waals surface area contributed by atoms with E-state index in [1.165, 1.54) is 12.1 Å². The van der Waals surface area contributed by atoms with Crippen molar-refractivity contribution in [3.05, 3.63) is 28.8 Å². The van der Waals surface area contributed by atoms with Crippen LogP contribution in [-0.4, -0.2) is 29.8 Å². The third-order valence-corrected chi connectivity index (χ3v) is 2.85. The van der Waals surface area contributed by atoms with Gasteiger partial charge in [0, 0.05) is 6.42 Å². The molecule has 0 amide bonds. The summed E-state index contributed by atoms with van der Waals surface area (Å²) in [6, 6.07) is 3.07. The fraction of sp³-hybridized carbons (Fsp3) is 0.385. The molecule has 0 radical (unpaired) electrons. The van der Waals surface area contributed by atoms with E-state index in [1.54, 1.807) is 13.8 Å². The fourth-order valence-electron chi connectivity index (χ4n) is 1.99. The van der Waals surface area contributed by atoms with Crippen LogP contribution < -0.4 is 4.74 Å². The lowest BCUT2D eigenvalue weighted by molar-refractivity contribution is -0.143. The van der Waals surface area contributed by atoms with Gasteiger partial charge < -0.3 is 14.6 Å². The minimum atomic E-state index is -0.979. The van der Waals surface area contributed by atoms with Gasteiger partial charge in [-0.15, -0.1) is 0 Å². The van der Waals surface area contributed by atoms with E-state index in [2.05, 4.69) is 0 Å². The van der Waals surface area contributed by atoms with Crippen LogP contribution in [0.5, 0.6) is 5.75 Å². The van der Waals surface area contributed by atoms with Crippen LogP contribution >= 0.6 is 0 Å². The number of rotatable bonds is 3. The van der Waals surface area contributed by atoms with Crippen LogP contribution in [0, 0.1) is 13.8 Å². The van der Waals surface area contributed by atoms with Crippen molar-refractivity contribution in [3.63, 3.8) is 0 Å². The first-order valence-electron chi connectivity index (χ1n) is 5.67. The number of hydrogen-bond acceptors (Lipinski definition) is 4. The van der Waals surface area contributed by atoms with E-state index in [9.17, 15) is 9.59 Å². The van der Waals surface area contributed by atoms with E-state index in [0.29, 0.717) is 29.9 Å². The second-order valence-electron chi connectivity index (χ2n) is 4.31. The minimum absolute atomic E-state index is 0.214. The summed E-state index contributed by atoms with van der Waals surface area (Å²) in [6.07, 6.45) is -0.0589. The Morgan fingerprint density at radius 2 is 2.00 bits per heavy atom. The van der Waals surface area contributed by atoms with Gasteiger partial charge in [-0.1, -0.05) is 0 Å². The summed E-state index contributed by atoms with van der Waals surface area (Å²) in [5, 5.41) is 8.94. The molecule has 0 aromatic heterocycles. The van der Waals surface area contributed by atoms with Gasteiger partial charge in [0.05, 0.1) is 12.2 Å². The van der Waals surface area contributed by atoms with Crippen molar-refractivity contribution < 1.29 is 24.2 Å². The third kappa shape index (κ3) is 2.30. The van der Waals surface area contributed by atoms with Gasteiger partial charge in [-0.3, -0.25) is 0 Å². The van der Waals surface area contributed by atoms with Crippen LogP contribution in [0.1, 0.15) is 27.9 Å². The number of esters is 1. The largest absolute Gasteiger partial charge is 0.478 e. The molecular formula is C13H14O5. The van der Waals surface area contributed by atoms with Crippen LogP contribution in [0.25, 0.3) is 0 Å². The first-order chi connectivity index (χ1) is 8.49. The van der Waals surface area contributed by atoms with E-state index in [0.717, 1.165) is 0 Å². The average Bonchev–Trinajstić information content (AvgIpc) is 2.69. The predicted octanol–water partition coefficient (Wildman–Crippen LogP) is 1.70. The number of aryl methyl sites for hydroxylation is 2. The molecule has 0 bridgehead atoms. The standard InChI is InChI=1S/C13H14O5/c1-7-5-9(12(14)15)6-8(2)11(7)18-10-3-4-17-13(10)16/h5-6,10H,3-4H2,1-2H3,(H,14,15). The highest BCUT2D eigenvalue weighted by Gasteiger charge is 2.29. The van der Waals surface area contributed by atoms with Crippen molar-refractivity contribution in [1.82, 2.24) is 0 Å². The number of cyclic esters (lactones) is 1. The molecule has 1 aromatic rings. The number of hydrogen-bond donors (Lipinski definition) is 1. The van der Waals surface area contributed by atoms with E-state index >= 15 is 0 Å². The van der Waals surface area contributed by atoms with E-state index < -0.39 is 12.1 Å². The van der Waals surface area contributed by atoms with Gasteiger partial charge in [-0.05, 0) is 37.1 Å². The predicted molar refractivity (Wildman–Crippen MR) is 62.9 cm³/mol. The summed E-state index contributed by atoms with van der Waals surface area (Å²) in [6.45, 7) is 3.89. The summed E-state index contributed by atoms with van der Waals surface area (Å²) < 4.78 is 10.4. The summed E-state index contributed by atoms with van der Waals surface area (Å²) in [5.41, 5.74) is 1.62. The van der Waals surface area contributed by atoms with Crippen molar-refractivity contribution in [3.8, 4) is 5.75 Å². The molecule has 0 aliphatic carbocycles. The summed E-state index contributed by atoms with van der Waals surface area (Å²) >= 11 is 0. The molecule has 1 aliphatic heterocycles. The number of carboxylic acids is 1. The molecule has 1 heterocycles. The first kappa shape index (κ1) is 12.4. The number of benzene rings is 1. The smallest absolute Gasteiger partial charge is 0.347 e. The van der Waals surface area contributed by atoms with E-state index in [4.69, 9.17) is 14.6 Å². The minimum Gasteiger partial charge on any atom is -0.478 e. The molecule has 1 aliphatic rings. The highest BCUT2D eigenvalue weighted by Crippen LogP contribution is 2.27. The van der Waals surface area contributed by atoms with Crippen LogP contribution in [0.2, 0.25) is 0 Å². The van der Waals surface area contributed by atoms with Gasteiger partial charge in [0.2, 0.25) is 0 Å². The Kier molecular flexibility index (Phi) is 3.23. The van der Waals surface area contributed by atoms with Crippen molar-refractivity contribution in [2.75, 3.05) is 6.61 Å². The third-order valence-electron chi connectivity index (χ3n) is 2.85. The summed E-state index contributed by atoms with van der Waals surface area (Å²) in [5.74, 6) is -0.784. The van der Waals surface area contributed by atoms with Crippen LogP contribution in [0.4, 0.5) is 0 Å². The molecule has 1 fully saturated rings. The normalized spacial score (nSPS) is 18.6. The van der Waals surface area contributed by atoms with Crippen LogP contribution in [-0.2, 0) is 9.53 Å². The molecule has 5 heteroatoms. The number of ether oxygens (including phenoxy) is 2. The Balaban J connectivity index is 2.28. The van der Waals surface area contributed by atoms with Gasteiger partial charge in [0.1, 0.15) is 5.75 Å². The molecule has 1 N–H and O–H groups in total. The van der Waals surface area contributed by atoms with Gasteiger partial charge in [0.25, 0.3) is 0 Å². The Morgan fingerprint density at radius 3 is 2.44 bits per heavy atom. The zero-order chi connectivity index (χ0) is 13.3. The number of carbonyl (C=O) groups is 2. The molecule has 2 rings (SSSR count). The monoisotopic (exact) mass is 250 g/mol. The van der Waals surface area contributed by atoms with Crippen molar-refractivity contribution >= 4 is 11.9 Å². The van der Waals surface area contributed by atoms with E-state index in [1.807, 2.05) is 0 Å². The second kappa shape index (κ2) is 4.68. The molecule has 0 saturated carbocycles. The van der Waals surface area contributed by atoms with Gasteiger partial charge in [0.15, 0.2) is 6.10 Å². The Hall–Kier alpha value is -2.04. The maximum atomic E-state index is 11.3. The number of carboxylic acid groups (broad SMARTS) is 1. The van der Waals surface area contributed by atoms with Gasteiger partial charge >= 0.3 is 11.9 Å². The highest BCUT2D eigenvalue weighted by atomic mass is 16.6. The summed E-state index contributed by atoms with van der Waals surface area (Å²) in [4.78, 5) is 22.2. The van der Waals surface area contributed by atoms with Crippen molar-refractivity contribution in [1.29, 1.82) is 0 Å². The lowest BCUT2D eigenvalue weighted by atomic mass is 10.1. The van der Waals surface area contributed by atoms with Gasteiger partial charge in [-0.2, -0.15) is 0 Å². The molecule has 96 valence electrons. The molecule has 5 nitrogen and oxygen atoms in total. The van der Waals surface area contributed by atoms with E-state index in [-0.39, 0.29) is 11.5 Å². The summed E-state index contributed by atoms with van der Waals surface area (Å²) in [7, 11) is 0. The molecule has 0 spiro atoms. The number of aromatic carboxylic acids is 1. The quantitative estimate of drug-likeness (QED) is 0.826. The first-order valence-corrected chi connectivity index (χ1v) is 5.67. The molecule has 1 saturated heterocycles. The lowest BCUT2D eigenvalue weighted by Gasteiger charge is -2.15. The highest BCUT2D eigenvalue weighted by molar-refractivity contribution is 5.88. The molecule has 1 unspecified atom stereocenters. The topological polar surface area (TPSA) is 72.8 Å². The number of carbonyl (C=O) groups excluding carboxylic acids is 1. The van der Waals surface area contributed by atoms with Crippen LogP contribution in [0.15, 0.2) is 12.1 Å². The van der Waals surface area contributed by atoms with Crippen LogP contribution in [0.3, 0.4) is 0 Å². The maximum Gasteiger partial charge on any atom is 0.347 e. The average molecular weight is 250 g/mol. The lowest BCUT2D eigenvalue weighted by Crippen LogP contribution is -2.22. The molecule has 1 aromatic carbocycles. The second-order valence-corrected chi connectivity index (χ2v) is 4.31. The fourth-order valence-corrected chi connectivity index (χ4v) is 1.99. The Labute approximate surface area is 104 Å². The zero-order valence-electron chi connectivity index (χ0n) is 10.2. The Morgan fingerprint density at radius 1 is 1.39 bits per heavy atom. The maximum absolute atomic E-state index is 11.3. The van der Waals surface area contributed by atoms with Crippen molar-refractivity contribution in [2.24, 2.45) is 0 Å². The zero-order valence-corrected chi connectivity index (χ0v) is 10.2. The van der Waals surface area contributed by atoms with Gasteiger partial charge in [-0.25, -0.2) is 9.59 Å². The molecule has 1 atom stereocenters.